The van der Waals surface area contributed by atoms with Crippen LogP contribution < -0.4 is 15.8 Å². The summed E-state index contributed by atoms with van der Waals surface area (Å²) in [5.41, 5.74) is 3.98. The summed E-state index contributed by atoms with van der Waals surface area (Å²) in [5, 5.41) is 3.87. The van der Waals surface area contributed by atoms with Crippen LogP contribution in [0.3, 0.4) is 0 Å². The molecule has 4 aliphatic heterocycles. The van der Waals surface area contributed by atoms with Gasteiger partial charge in [-0.25, -0.2) is 0 Å². The molecule has 0 aliphatic carbocycles. The largest absolute Gasteiger partial charge is 0.379 e. The molecule has 1 unspecified atom stereocenters. The zero-order chi connectivity index (χ0) is 27.1. The summed E-state index contributed by atoms with van der Waals surface area (Å²) in [4.78, 5) is 27.9. The van der Waals surface area contributed by atoms with Gasteiger partial charge in [-0.3, -0.25) is 9.69 Å². The number of hydrogen-bond donors (Lipinski definition) is 2. The minimum atomic E-state index is -0.0749. The van der Waals surface area contributed by atoms with Gasteiger partial charge in [-0.05, 0) is 37.4 Å². The fourth-order valence-corrected chi connectivity index (χ4v) is 8.61. The molecule has 3 saturated heterocycles. The zero-order valence-electron chi connectivity index (χ0n) is 22.7. The molecule has 3 fully saturated rings. The molecule has 2 N–H and O–H groups in total. The molecular weight excluding hydrogens is 542 g/mol. The molecule has 2 aromatic carbocycles. The second-order valence-electron chi connectivity index (χ2n) is 10.9. The lowest BCUT2D eigenvalue weighted by Crippen LogP contribution is -2.50. The van der Waals surface area contributed by atoms with Crippen molar-refractivity contribution >= 4 is 34.9 Å². The van der Waals surface area contributed by atoms with Crippen LogP contribution >= 0.6 is 23.5 Å². The van der Waals surface area contributed by atoms with Crippen molar-refractivity contribution in [3.8, 4) is 11.3 Å². The van der Waals surface area contributed by atoms with Crippen molar-refractivity contribution in [1.82, 2.24) is 14.8 Å². The number of likely N-dealkylation sites (tertiary alicyclic amines) is 1. The Balaban J connectivity index is 1.13. The first kappa shape index (κ1) is 26.4. The molecule has 3 aromatic rings. The molecule has 0 radical (unpaired) electrons. The van der Waals surface area contributed by atoms with Crippen LogP contribution in [0.25, 0.3) is 11.3 Å². The van der Waals surface area contributed by atoms with Crippen molar-refractivity contribution in [3.63, 3.8) is 0 Å². The maximum Gasteiger partial charge on any atom is 0.250 e. The molecule has 1 aromatic heterocycles. The first-order valence-corrected chi connectivity index (χ1v) is 15.7. The van der Waals surface area contributed by atoms with Gasteiger partial charge in [-0.2, -0.15) is 0 Å². The summed E-state index contributed by atoms with van der Waals surface area (Å²) >= 11 is 3.60. The van der Waals surface area contributed by atoms with Gasteiger partial charge in [0.25, 0.3) is 0 Å². The number of pyridine rings is 1. The quantitative estimate of drug-likeness (QED) is 0.367. The van der Waals surface area contributed by atoms with Crippen molar-refractivity contribution in [3.05, 3.63) is 58.9 Å². The SMILES string of the molecule is CN1CC(Nc2ccc3c(c2)Sc2cccc(-c4cc(N5CCOCC5)cc(=O)[nH]4)c2S3)[C@H](N2CCOCC2)C1. The fourth-order valence-electron chi connectivity index (χ4n) is 6.20. The average Bonchev–Trinajstić information content (AvgIpc) is 3.36. The highest BCUT2D eigenvalue weighted by molar-refractivity contribution is 8.05. The lowest BCUT2D eigenvalue weighted by atomic mass is 10.1. The van der Waals surface area contributed by atoms with E-state index in [1.807, 2.05) is 11.8 Å². The van der Waals surface area contributed by atoms with E-state index in [0.717, 1.165) is 69.4 Å². The van der Waals surface area contributed by atoms with Gasteiger partial charge in [0.2, 0.25) is 5.56 Å². The number of H-pyrrole nitrogens is 1. The molecule has 2 atom stereocenters. The molecule has 0 spiro atoms. The number of morpholine rings is 2. The van der Waals surface area contributed by atoms with Crippen LogP contribution in [0.1, 0.15) is 0 Å². The second kappa shape index (κ2) is 11.4. The van der Waals surface area contributed by atoms with Gasteiger partial charge in [0.15, 0.2) is 0 Å². The number of aromatic nitrogens is 1. The molecule has 40 heavy (non-hydrogen) atoms. The van der Waals surface area contributed by atoms with E-state index >= 15 is 0 Å². The van der Waals surface area contributed by atoms with Gasteiger partial charge in [-0.15, -0.1) is 0 Å². The molecule has 4 aliphatic rings. The van der Waals surface area contributed by atoms with Gasteiger partial charge in [0, 0.05) is 87.9 Å². The van der Waals surface area contributed by atoms with Gasteiger partial charge >= 0.3 is 0 Å². The van der Waals surface area contributed by atoms with E-state index in [1.165, 1.54) is 25.3 Å². The maximum atomic E-state index is 12.7. The number of nitrogens with zero attached hydrogens (tertiary/aromatic N) is 3. The van der Waals surface area contributed by atoms with Gasteiger partial charge < -0.3 is 29.6 Å². The molecule has 8 nitrogen and oxygen atoms in total. The minimum absolute atomic E-state index is 0.0749. The predicted molar refractivity (Wildman–Crippen MR) is 161 cm³/mol. The van der Waals surface area contributed by atoms with Crippen LogP contribution in [0, 0.1) is 0 Å². The first-order chi connectivity index (χ1) is 19.6. The summed E-state index contributed by atoms with van der Waals surface area (Å²) in [6.07, 6.45) is 0. The summed E-state index contributed by atoms with van der Waals surface area (Å²) < 4.78 is 11.1. The van der Waals surface area contributed by atoms with E-state index in [4.69, 9.17) is 9.47 Å². The molecule has 7 rings (SSSR count). The molecule has 10 heteroatoms. The Kier molecular flexibility index (Phi) is 7.55. The Labute approximate surface area is 243 Å². The first-order valence-electron chi connectivity index (χ1n) is 14.1. The van der Waals surface area contributed by atoms with E-state index < -0.39 is 0 Å². The van der Waals surface area contributed by atoms with Crippen LogP contribution in [-0.2, 0) is 9.47 Å². The number of rotatable bonds is 5. The highest BCUT2D eigenvalue weighted by Crippen LogP contribution is 2.52. The maximum absolute atomic E-state index is 12.7. The average molecular weight is 578 g/mol. The summed E-state index contributed by atoms with van der Waals surface area (Å²) in [6.45, 7) is 8.76. The standard InChI is InChI=1S/C30H35N5O3S2/c1-33-18-24(25(19-33)35-9-13-38-14-10-35)31-20-5-6-26-28(15-20)39-27-4-2-3-22(30(27)40-26)23-16-21(17-29(36)32-23)34-7-11-37-12-8-34/h2-6,15-17,24-25,31H,7-14,18-19H2,1H3,(H,32,36)/t24?,25-/m1/s1. The Morgan fingerprint density at radius 1 is 0.875 bits per heavy atom. The zero-order valence-corrected chi connectivity index (χ0v) is 24.4. The predicted octanol–water partition coefficient (Wildman–Crippen LogP) is 3.92. The lowest BCUT2D eigenvalue weighted by Gasteiger charge is -2.35. The Morgan fingerprint density at radius 3 is 2.50 bits per heavy atom. The minimum Gasteiger partial charge on any atom is -0.379 e. The van der Waals surface area contributed by atoms with Crippen molar-refractivity contribution in [1.29, 1.82) is 0 Å². The van der Waals surface area contributed by atoms with E-state index in [0.29, 0.717) is 25.3 Å². The monoisotopic (exact) mass is 577 g/mol. The highest BCUT2D eigenvalue weighted by Gasteiger charge is 2.36. The Hall–Kier alpha value is -2.47. The van der Waals surface area contributed by atoms with Crippen LogP contribution in [0.2, 0.25) is 0 Å². The highest BCUT2D eigenvalue weighted by atomic mass is 32.2. The van der Waals surface area contributed by atoms with Gasteiger partial charge in [-0.1, -0.05) is 35.7 Å². The van der Waals surface area contributed by atoms with E-state index in [1.54, 1.807) is 17.8 Å². The van der Waals surface area contributed by atoms with Crippen LogP contribution in [0.15, 0.2) is 72.9 Å². The van der Waals surface area contributed by atoms with E-state index in [9.17, 15) is 4.79 Å². The van der Waals surface area contributed by atoms with Crippen molar-refractivity contribution in [2.75, 3.05) is 83.0 Å². The number of fused-ring (bicyclic) bond motifs is 2. The van der Waals surface area contributed by atoms with Gasteiger partial charge in [0.1, 0.15) is 0 Å². The van der Waals surface area contributed by atoms with Crippen molar-refractivity contribution in [2.24, 2.45) is 0 Å². The molecular formula is C30H35N5O3S2. The number of nitrogens with one attached hydrogen (secondary N) is 2. The van der Waals surface area contributed by atoms with Crippen LogP contribution in [0.4, 0.5) is 11.4 Å². The summed E-state index contributed by atoms with van der Waals surface area (Å²) in [7, 11) is 2.22. The van der Waals surface area contributed by atoms with Gasteiger partial charge in [0.05, 0.1) is 38.2 Å². The van der Waals surface area contributed by atoms with Crippen molar-refractivity contribution in [2.45, 2.75) is 31.7 Å². The number of benzene rings is 2. The number of aromatic amines is 1. The Morgan fingerprint density at radius 2 is 1.68 bits per heavy atom. The third kappa shape index (κ3) is 5.41. The molecule has 0 amide bonds. The second-order valence-corrected chi connectivity index (χ2v) is 13.0. The molecule has 0 saturated carbocycles. The Bertz CT molecular complexity index is 1440. The summed E-state index contributed by atoms with van der Waals surface area (Å²) in [6, 6.07) is 17.8. The normalized spacial score (nSPS) is 23.6. The van der Waals surface area contributed by atoms with Crippen LogP contribution in [0.5, 0.6) is 0 Å². The van der Waals surface area contributed by atoms with Crippen LogP contribution in [-0.4, -0.2) is 99.6 Å². The van der Waals surface area contributed by atoms with Crippen molar-refractivity contribution < 1.29 is 9.47 Å². The topological polar surface area (TPSA) is 73.1 Å². The smallest absolute Gasteiger partial charge is 0.250 e. The number of hydrogen-bond acceptors (Lipinski definition) is 9. The third-order valence-corrected chi connectivity index (χ3v) is 10.8. The lowest BCUT2D eigenvalue weighted by molar-refractivity contribution is 0.0174. The molecule has 210 valence electrons. The fraction of sp³-hybridized carbons (Fsp3) is 0.433. The van der Waals surface area contributed by atoms with E-state index in [2.05, 4.69) is 74.5 Å². The summed E-state index contributed by atoms with van der Waals surface area (Å²) in [5.74, 6) is 0. The number of anilines is 2. The van der Waals surface area contributed by atoms with E-state index in [-0.39, 0.29) is 5.56 Å². The number of ether oxygens (including phenoxy) is 2. The molecule has 0 bridgehead atoms. The molecule has 5 heterocycles. The third-order valence-electron chi connectivity index (χ3n) is 8.19. The number of likely N-dealkylation sites (N-methyl/N-ethyl adjacent to an activating group) is 1.